The van der Waals surface area contributed by atoms with Crippen LogP contribution >= 0.6 is 0 Å². The van der Waals surface area contributed by atoms with Crippen molar-refractivity contribution in [3.8, 4) is 0 Å². The Balaban J connectivity index is 1.87. The average Bonchev–Trinajstić information content (AvgIpc) is 2.72. The first kappa shape index (κ1) is 14.8. The summed E-state index contributed by atoms with van der Waals surface area (Å²) in [6.07, 6.45) is -3.43. The van der Waals surface area contributed by atoms with E-state index in [9.17, 15) is 22.4 Å². The Bertz CT molecular complexity index is 502. The number of carbonyl (C=O) groups excluding carboxylic acids is 1. The number of rotatable bonds is 4. The van der Waals surface area contributed by atoms with E-state index < -0.39 is 25.3 Å². The monoisotopic (exact) mass is 291 g/mol. The molecule has 1 aromatic rings. The van der Waals surface area contributed by atoms with Crippen molar-refractivity contribution in [2.45, 2.75) is 25.1 Å². The molecule has 1 amide bonds. The number of ether oxygens (including phenoxy) is 1. The number of fused-ring (bicyclic) bond motifs is 1. The zero-order chi connectivity index (χ0) is 14.8. The first-order chi connectivity index (χ1) is 9.37. The minimum atomic E-state index is -4.45. The van der Waals surface area contributed by atoms with E-state index >= 15 is 0 Å². The van der Waals surface area contributed by atoms with E-state index in [0.29, 0.717) is 24.0 Å². The zero-order valence-electron chi connectivity index (χ0n) is 10.5. The molecule has 0 fully saturated rings. The van der Waals surface area contributed by atoms with Gasteiger partial charge in [0, 0.05) is 0 Å². The third-order valence-corrected chi connectivity index (χ3v) is 3.05. The minimum Gasteiger partial charge on any atom is -0.362 e. The van der Waals surface area contributed by atoms with Crippen molar-refractivity contribution in [2.75, 3.05) is 13.2 Å². The summed E-state index contributed by atoms with van der Waals surface area (Å²) in [4.78, 5) is 11.5. The Morgan fingerprint density at radius 1 is 1.40 bits per heavy atom. The maximum absolute atomic E-state index is 13.5. The van der Waals surface area contributed by atoms with Crippen molar-refractivity contribution >= 4 is 5.91 Å². The quantitative estimate of drug-likeness (QED) is 0.866. The first-order valence-electron chi connectivity index (χ1n) is 6.08. The van der Waals surface area contributed by atoms with Crippen LogP contribution in [-0.4, -0.2) is 25.3 Å². The van der Waals surface area contributed by atoms with Crippen LogP contribution in [0.3, 0.4) is 0 Å². The van der Waals surface area contributed by atoms with Gasteiger partial charge in [0.2, 0.25) is 5.91 Å². The van der Waals surface area contributed by atoms with Crippen molar-refractivity contribution in [3.63, 3.8) is 0 Å². The van der Waals surface area contributed by atoms with E-state index in [1.54, 1.807) is 12.1 Å². The molecule has 0 heterocycles. The van der Waals surface area contributed by atoms with Crippen molar-refractivity contribution in [1.82, 2.24) is 5.32 Å². The number of alkyl halides is 3. The summed E-state index contributed by atoms with van der Waals surface area (Å²) in [5.74, 6) is -0.969. The van der Waals surface area contributed by atoms with Gasteiger partial charge in [-0.05, 0) is 30.0 Å². The largest absolute Gasteiger partial charge is 0.411 e. The number of halogens is 4. The number of benzene rings is 1. The Kier molecular flexibility index (Phi) is 4.27. The van der Waals surface area contributed by atoms with Crippen LogP contribution in [0.4, 0.5) is 17.6 Å². The second-order valence-electron chi connectivity index (χ2n) is 4.57. The lowest BCUT2D eigenvalue weighted by Crippen LogP contribution is -2.32. The summed E-state index contributed by atoms with van der Waals surface area (Å²) >= 11 is 0. The summed E-state index contributed by atoms with van der Waals surface area (Å²) in [5.41, 5.74) is 1.23. The molecule has 1 aliphatic carbocycles. The highest BCUT2D eigenvalue weighted by Crippen LogP contribution is 2.32. The molecule has 20 heavy (non-hydrogen) atoms. The molecule has 1 unspecified atom stereocenters. The van der Waals surface area contributed by atoms with Crippen LogP contribution in [0.2, 0.25) is 0 Å². The van der Waals surface area contributed by atoms with Gasteiger partial charge in [-0.2, -0.15) is 13.2 Å². The third kappa shape index (κ3) is 3.69. The van der Waals surface area contributed by atoms with Gasteiger partial charge in [-0.15, -0.1) is 0 Å². The molecule has 1 aliphatic rings. The number of hydrogen-bond donors (Lipinski definition) is 1. The molecule has 0 aromatic heterocycles. The van der Waals surface area contributed by atoms with Gasteiger partial charge in [0.1, 0.15) is 19.0 Å². The maximum atomic E-state index is 13.5. The summed E-state index contributed by atoms with van der Waals surface area (Å²) in [6.45, 7) is -2.13. The zero-order valence-corrected chi connectivity index (χ0v) is 10.5. The van der Waals surface area contributed by atoms with Gasteiger partial charge in [0.15, 0.2) is 0 Å². The molecule has 3 nitrogen and oxygen atoms in total. The number of hydrogen-bond acceptors (Lipinski definition) is 2. The van der Waals surface area contributed by atoms with Crippen molar-refractivity contribution in [1.29, 1.82) is 0 Å². The highest BCUT2D eigenvalue weighted by molar-refractivity contribution is 5.77. The van der Waals surface area contributed by atoms with Gasteiger partial charge < -0.3 is 10.1 Å². The molecule has 1 aromatic carbocycles. The average molecular weight is 291 g/mol. The fourth-order valence-electron chi connectivity index (χ4n) is 2.26. The fourth-order valence-corrected chi connectivity index (χ4v) is 2.26. The smallest absolute Gasteiger partial charge is 0.362 e. The molecule has 0 radical (unpaired) electrons. The van der Waals surface area contributed by atoms with E-state index in [2.05, 4.69) is 10.1 Å². The summed E-state index contributed by atoms with van der Waals surface area (Å²) in [6, 6.07) is 4.21. The van der Waals surface area contributed by atoms with Gasteiger partial charge in [-0.25, -0.2) is 4.39 Å². The summed E-state index contributed by atoms with van der Waals surface area (Å²) < 4.78 is 53.3. The number of amides is 1. The summed E-state index contributed by atoms with van der Waals surface area (Å²) in [7, 11) is 0. The van der Waals surface area contributed by atoms with Crippen molar-refractivity contribution < 1.29 is 27.1 Å². The van der Waals surface area contributed by atoms with Crippen LogP contribution in [0.1, 0.15) is 23.6 Å². The number of carbonyl (C=O) groups is 1. The molecule has 2 rings (SSSR count). The molecule has 110 valence electrons. The lowest BCUT2D eigenvalue weighted by Gasteiger charge is -2.14. The maximum Gasteiger partial charge on any atom is 0.411 e. The molecule has 0 saturated carbocycles. The Hall–Kier alpha value is -1.63. The molecular formula is C13H13F4NO2. The molecule has 0 aliphatic heterocycles. The van der Waals surface area contributed by atoms with Crippen molar-refractivity contribution in [2.24, 2.45) is 0 Å². The standard InChI is InChI=1S/C13H13F4NO2/c14-10-3-1-2-9-8(10)4-5-11(9)18-12(19)6-20-7-13(15,16)17/h1-3,11H,4-7H2,(H,18,19). The van der Waals surface area contributed by atoms with E-state index in [4.69, 9.17) is 0 Å². The predicted octanol–water partition coefficient (Wildman–Crippen LogP) is 2.51. The van der Waals surface area contributed by atoms with Gasteiger partial charge in [-0.3, -0.25) is 4.79 Å². The molecule has 1 atom stereocenters. The predicted molar refractivity (Wildman–Crippen MR) is 62.5 cm³/mol. The Morgan fingerprint density at radius 3 is 2.85 bits per heavy atom. The molecule has 0 bridgehead atoms. The Morgan fingerprint density at radius 2 is 2.15 bits per heavy atom. The highest BCUT2D eigenvalue weighted by Gasteiger charge is 2.29. The van der Waals surface area contributed by atoms with Crippen LogP contribution in [0.25, 0.3) is 0 Å². The highest BCUT2D eigenvalue weighted by atomic mass is 19.4. The second kappa shape index (κ2) is 5.78. The summed E-state index contributed by atoms with van der Waals surface area (Å²) in [5, 5.41) is 2.55. The Labute approximate surface area is 112 Å². The molecule has 0 saturated heterocycles. The first-order valence-corrected chi connectivity index (χ1v) is 6.08. The lowest BCUT2D eigenvalue weighted by molar-refractivity contribution is -0.175. The topological polar surface area (TPSA) is 38.3 Å². The third-order valence-electron chi connectivity index (χ3n) is 3.05. The van der Waals surface area contributed by atoms with E-state index in [0.717, 1.165) is 0 Å². The van der Waals surface area contributed by atoms with Gasteiger partial charge in [-0.1, -0.05) is 12.1 Å². The van der Waals surface area contributed by atoms with E-state index in [1.807, 2.05) is 0 Å². The van der Waals surface area contributed by atoms with E-state index in [-0.39, 0.29) is 11.9 Å². The second-order valence-corrected chi connectivity index (χ2v) is 4.57. The molecular weight excluding hydrogens is 278 g/mol. The normalized spacial score (nSPS) is 17.9. The van der Waals surface area contributed by atoms with Crippen LogP contribution in [0, 0.1) is 5.82 Å². The van der Waals surface area contributed by atoms with Crippen LogP contribution in [0.5, 0.6) is 0 Å². The molecule has 7 heteroatoms. The number of nitrogens with one attached hydrogen (secondary N) is 1. The van der Waals surface area contributed by atoms with Gasteiger partial charge in [0.05, 0.1) is 6.04 Å². The van der Waals surface area contributed by atoms with Gasteiger partial charge in [0.25, 0.3) is 0 Å². The van der Waals surface area contributed by atoms with Crippen LogP contribution in [-0.2, 0) is 16.0 Å². The van der Waals surface area contributed by atoms with Crippen LogP contribution in [0.15, 0.2) is 18.2 Å². The van der Waals surface area contributed by atoms with Crippen molar-refractivity contribution in [3.05, 3.63) is 35.1 Å². The molecule has 0 spiro atoms. The molecule has 1 N–H and O–H groups in total. The minimum absolute atomic E-state index is 0.326. The van der Waals surface area contributed by atoms with Crippen LogP contribution < -0.4 is 5.32 Å². The lowest BCUT2D eigenvalue weighted by atomic mass is 10.1. The van der Waals surface area contributed by atoms with Gasteiger partial charge >= 0.3 is 6.18 Å². The fraction of sp³-hybridized carbons (Fsp3) is 0.462. The SMILES string of the molecule is O=C(COCC(F)(F)F)NC1CCc2c(F)cccc21. The van der Waals surface area contributed by atoms with E-state index in [1.165, 1.54) is 6.07 Å².